The van der Waals surface area contributed by atoms with Gasteiger partial charge in [-0.15, -0.1) is 0 Å². The molecule has 0 radical (unpaired) electrons. The summed E-state index contributed by atoms with van der Waals surface area (Å²) in [5, 5.41) is 11.5. The number of urea groups is 1. The molecule has 1 aliphatic heterocycles. The first-order valence-corrected chi connectivity index (χ1v) is 7.06. The van der Waals surface area contributed by atoms with Crippen molar-refractivity contribution in [3.05, 3.63) is 29.0 Å². The third-order valence-corrected chi connectivity index (χ3v) is 3.74. The molecule has 0 spiro atoms. The van der Waals surface area contributed by atoms with E-state index in [4.69, 9.17) is 16.7 Å². The van der Waals surface area contributed by atoms with E-state index in [1.54, 1.807) is 4.90 Å². The lowest BCUT2D eigenvalue weighted by Gasteiger charge is -2.17. The lowest BCUT2D eigenvalue weighted by molar-refractivity contribution is -0.137. The molecule has 0 aliphatic carbocycles. The number of rotatable bonds is 4. The molecule has 2 rings (SSSR count). The highest BCUT2D eigenvalue weighted by atomic mass is 35.5. The van der Waals surface area contributed by atoms with E-state index in [1.807, 2.05) is 0 Å². The fourth-order valence-electron chi connectivity index (χ4n) is 2.37. The summed E-state index contributed by atoms with van der Waals surface area (Å²) in [6.07, 6.45) is 1.41. The molecule has 2 N–H and O–H groups in total. The Bertz CT molecular complexity index is 553. The summed E-state index contributed by atoms with van der Waals surface area (Å²) in [7, 11) is 0. The van der Waals surface area contributed by atoms with E-state index in [9.17, 15) is 14.0 Å². The molecule has 1 aromatic carbocycles. The van der Waals surface area contributed by atoms with Crippen molar-refractivity contribution in [2.75, 3.05) is 18.4 Å². The Kier molecular flexibility index (Phi) is 5.01. The fourth-order valence-corrected chi connectivity index (χ4v) is 2.54. The normalized spacial score (nSPS) is 17.8. The van der Waals surface area contributed by atoms with Gasteiger partial charge in [0.1, 0.15) is 5.82 Å². The van der Waals surface area contributed by atoms with Gasteiger partial charge in [-0.05, 0) is 37.0 Å². The van der Waals surface area contributed by atoms with E-state index in [1.165, 1.54) is 18.2 Å². The Morgan fingerprint density at radius 3 is 2.95 bits per heavy atom. The molecule has 1 aliphatic rings. The number of likely N-dealkylation sites (tertiary alicyclic amines) is 1. The van der Waals surface area contributed by atoms with Crippen LogP contribution in [0.3, 0.4) is 0 Å². The average molecular weight is 315 g/mol. The number of anilines is 1. The second-order valence-corrected chi connectivity index (χ2v) is 5.52. The minimum absolute atomic E-state index is 0.0430. The van der Waals surface area contributed by atoms with Crippen molar-refractivity contribution in [2.24, 2.45) is 5.92 Å². The van der Waals surface area contributed by atoms with Crippen LogP contribution in [0, 0.1) is 11.7 Å². The molecule has 5 nitrogen and oxygen atoms in total. The predicted octanol–water partition coefficient (Wildman–Crippen LogP) is 3.20. The molecule has 114 valence electrons. The Morgan fingerprint density at radius 1 is 1.48 bits per heavy atom. The van der Waals surface area contributed by atoms with Crippen molar-refractivity contribution in [3.63, 3.8) is 0 Å². The first-order valence-electron chi connectivity index (χ1n) is 6.68. The Balaban J connectivity index is 1.90. The summed E-state index contributed by atoms with van der Waals surface area (Å²) in [6.45, 7) is 1.03. The lowest BCUT2D eigenvalue weighted by Crippen LogP contribution is -2.33. The molecule has 1 fully saturated rings. The largest absolute Gasteiger partial charge is 0.481 e. The zero-order valence-corrected chi connectivity index (χ0v) is 12.1. The SMILES string of the molecule is O=C(O)CCC1CCN(C(=O)Nc2cc(Cl)ccc2F)C1. The highest BCUT2D eigenvalue weighted by molar-refractivity contribution is 6.30. The molecule has 7 heteroatoms. The zero-order valence-electron chi connectivity index (χ0n) is 11.3. The molecule has 21 heavy (non-hydrogen) atoms. The van der Waals surface area contributed by atoms with E-state index in [2.05, 4.69) is 5.32 Å². The molecule has 1 aromatic rings. The Hall–Kier alpha value is -1.82. The maximum absolute atomic E-state index is 13.5. The highest BCUT2D eigenvalue weighted by Gasteiger charge is 2.26. The van der Waals surface area contributed by atoms with Gasteiger partial charge in [0, 0.05) is 24.5 Å². The van der Waals surface area contributed by atoms with Gasteiger partial charge in [-0.3, -0.25) is 4.79 Å². The first kappa shape index (κ1) is 15.6. The molecule has 0 saturated carbocycles. The summed E-state index contributed by atoms with van der Waals surface area (Å²) in [6, 6.07) is 3.56. The predicted molar refractivity (Wildman–Crippen MR) is 77.0 cm³/mol. The minimum atomic E-state index is -0.834. The second kappa shape index (κ2) is 6.76. The van der Waals surface area contributed by atoms with E-state index in [0.717, 1.165) is 6.42 Å². The molecular formula is C14H16ClFN2O3. The van der Waals surface area contributed by atoms with Crippen LogP contribution in [-0.2, 0) is 4.79 Å². The zero-order chi connectivity index (χ0) is 15.4. The van der Waals surface area contributed by atoms with Crippen LogP contribution in [-0.4, -0.2) is 35.1 Å². The summed E-state index contributed by atoms with van der Waals surface area (Å²) in [4.78, 5) is 24.1. The highest BCUT2D eigenvalue weighted by Crippen LogP contribution is 2.23. The number of carboxylic acids is 1. The lowest BCUT2D eigenvalue weighted by atomic mass is 10.0. The van der Waals surface area contributed by atoms with Gasteiger partial charge in [-0.1, -0.05) is 11.6 Å². The molecule has 0 aromatic heterocycles. The number of aliphatic carboxylic acids is 1. The Labute approximate surface area is 126 Å². The van der Waals surface area contributed by atoms with Gasteiger partial charge >= 0.3 is 12.0 Å². The van der Waals surface area contributed by atoms with E-state index in [-0.39, 0.29) is 18.0 Å². The number of benzene rings is 1. The van der Waals surface area contributed by atoms with Gasteiger partial charge in [-0.2, -0.15) is 0 Å². The average Bonchev–Trinajstić information content (AvgIpc) is 2.89. The van der Waals surface area contributed by atoms with E-state index in [0.29, 0.717) is 24.5 Å². The van der Waals surface area contributed by atoms with Crippen LogP contribution in [0.2, 0.25) is 5.02 Å². The smallest absolute Gasteiger partial charge is 0.321 e. The van der Waals surface area contributed by atoms with Crippen molar-refractivity contribution in [1.82, 2.24) is 4.90 Å². The van der Waals surface area contributed by atoms with E-state index >= 15 is 0 Å². The van der Waals surface area contributed by atoms with Gasteiger partial charge in [-0.25, -0.2) is 9.18 Å². The maximum Gasteiger partial charge on any atom is 0.321 e. The monoisotopic (exact) mass is 314 g/mol. The van der Waals surface area contributed by atoms with Crippen LogP contribution in [0.5, 0.6) is 0 Å². The number of nitrogens with one attached hydrogen (secondary N) is 1. The van der Waals surface area contributed by atoms with Gasteiger partial charge in [0.25, 0.3) is 0 Å². The number of carboxylic acid groups (broad SMARTS) is 1. The first-order chi connectivity index (χ1) is 9.95. The summed E-state index contributed by atoms with van der Waals surface area (Å²) >= 11 is 5.77. The maximum atomic E-state index is 13.5. The molecular weight excluding hydrogens is 299 g/mol. The third kappa shape index (κ3) is 4.32. The van der Waals surface area contributed by atoms with Crippen LogP contribution in [0.25, 0.3) is 0 Å². The molecule has 2 amide bonds. The number of halogens is 2. The topological polar surface area (TPSA) is 69.6 Å². The summed E-state index contributed by atoms with van der Waals surface area (Å²) < 4.78 is 13.5. The van der Waals surface area contributed by atoms with Crippen LogP contribution in [0.1, 0.15) is 19.3 Å². The van der Waals surface area contributed by atoms with Crippen LogP contribution in [0.4, 0.5) is 14.9 Å². The molecule has 1 unspecified atom stereocenters. The van der Waals surface area contributed by atoms with E-state index < -0.39 is 17.8 Å². The molecule has 1 heterocycles. The van der Waals surface area contributed by atoms with Crippen molar-refractivity contribution in [2.45, 2.75) is 19.3 Å². The third-order valence-electron chi connectivity index (χ3n) is 3.51. The molecule has 1 atom stereocenters. The quantitative estimate of drug-likeness (QED) is 0.896. The van der Waals surface area contributed by atoms with Gasteiger partial charge < -0.3 is 15.3 Å². The van der Waals surface area contributed by atoms with Crippen LogP contribution in [0.15, 0.2) is 18.2 Å². The van der Waals surface area contributed by atoms with Gasteiger partial charge in [0.2, 0.25) is 0 Å². The number of carbonyl (C=O) groups excluding carboxylic acids is 1. The number of hydrogen-bond donors (Lipinski definition) is 2. The van der Waals surface area contributed by atoms with Crippen molar-refractivity contribution < 1.29 is 19.1 Å². The van der Waals surface area contributed by atoms with Crippen LogP contribution < -0.4 is 5.32 Å². The van der Waals surface area contributed by atoms with Crippen molar-refractivity contribution in [3.8, 4) is 0 Å². The number of amides is 2. The van der Waals surface area contributed by atoms with Gasteiger partial charge in [0.15, 0.2) is 0 Å². The van der Waals surface area contributed by atoms with Crippen molar-refractivity contribution in [1.29, 1.82) is 0 Å². The summed E-state index contributed by atoms with van der Waals surface area (Å²) in [5.74, 6) is -1.20. The minimum Gasteiger partial charge on any atom is -0.481 e. The van der Waals surface area contributed by atoms with Crippen LogP contribution >= 0.6 is 11.6 Å². The molecule has 1 saturated heterocycles. The fraction of sp³-hybridized carbons (Fsp3) is 0.429. The van der Waals surface area contributed by atoms with Gasteiger partial charge in [0.05, 0.1) is 5.69 Å². The molecule has 0 bridgehead atoms. The van der Waals surface area contributed by atoms with Crippen molar-refractivity contribution >= 4 is 29.3 Å². The standard InChI is InChI=1S/C14H16ClFN2O3/c15-10-2-3-11(16)12(7-10)17-14(21)18-6-5-9(8-18)1-4-13(19)20/h2-3,7,9H,1,4-6,8H2,(H,17,21)(H,19,20). The Morgan fingerprint density at radius 2 is 2.24 bits per heavy atom. The summed E-state index contributed by atoms with van der Waals surface area (Å²) in [5.41, 5.74) is 0.0430. The number of nitrogens with zero attached hydrogens (tertiary/aromatic N) is 1. The number of carbonyl (C=O) groups is 2. The second-order valence-electron chi connectivity index (χ2n) is 5.09. The number of hydrogen-bond acceptors (Lipinski definition) is 2.